The summed E-state index contributed by atoms with van der Waals surface area (Å²) in [6.07, 6.45) is 3.86. The van der Waals surface area contributed by atoms with Crippen LogP contribution in [-0.2, 0) is 11.4 Å². The fourth-order valence-electron chi connectivity index (χ4n) is 2.75. The molecule has 4 aromatic rings. The Labute approximate surface area is 171 Å². The molecule has 1 N–H and O–H groups in total. The van der Waals surface area contributed by atoms with E-state index in [1.165, 1.54) is 23.9 Å². The number of rotatable bonds is 7. The lowest BCUT2D eigenvalue weighted by molar-refractivity contribution is -0.113. The first-order valence-corrected chi connectivity index (χ1v) is 9.98. The smallest absolute Gasteiger partial charge is 0.234 e. The number of hydrogen-bond acceptors (Lipinski definition) is 4. The molecule has 2 aromatic heterocycles. The van der Waals surface area contributed by atoms with Crippen LogP contribution in [0.2, 0.25) is 0 Å². The minimum absolute atomic E-state index is 0.142. The van der Waals surface area contributed by atoms with Gasteiger partial charge in [-0.1, -0.05) is 12.1 Å². The SMILES string of the molecule is O=C(CSc1ccc(F)cc1)Nc1cccc(OCc2cn3ccccc3n2)c1. The van der Waals surface area contributed by atoms with Crippen molar-refractivity contribution >= 4 is 29.0 Å². The predicted octanol–water partition coefficient (Wildman–Crippen LogP) is 4.78. The average Bonchev–Trinajstić information content (AvgIpc) is 3.15. The van der Waals surface area contributed by atoms with E-state index in [4.69, 9.17) is 4.74 Å². The van der Waals surface area contributed by atoms with Crippen LogP contribution in [0.3, 0.4) is 0 Å². The normalized spacial score (nSPS) is 10.8. The van der Waals surface area contributed by atoms with E-state index >= 15 is 0 Å². The zero-order valence-electron chi connectivity index (χ0n) is 15.4. The van der Waals surface area contributed by atoms with E-state index in [0.717, 1.165) is 16.2 Å². The number of carbonyl (C=O) groups excluding carboxylic acids is 1. The number of nitrogens with one attached hydrogen (secondary N) is 1. The zero-order chi connectivity index (χ0) is 20.1. The van der Waals surface area contributed by atoms with Gasteiger partial charge in [-0.05, 0) is 48.5 Å². The number of benzene rings is 2. The average molecular weight is 407 g/mol. The fourth-order valence-corrected chi connectivity index (χ4v) is 3.45. The standard InChI is InChI=1S/C22H18FN3O2S/c23-16-7-9-20(10-8-16)29-15-22(27)25-17-4-3-5-19(12-17)28-14-18-13-26-11-2-1-6-21(26)24-18/h1-13H,14-15H2,(H,25,27). The summed E-state index contributed by atoms with van der Waals surface area (Å²) in [5, 5.41) is 2.85. The molecule has 2 aromatic carbocycles. The number of hydrogen-bond donors (Lipinski definition) is 1. The van der Waals surface area contributed by atoms with Crippen molar-refractivity contribution in [3.05, 3.63) is 90.6 Å². The molecule has 0 radical (unpaired) electrons. The van der Waals surface area contributed by atoms with Crippen LogP contribution < -0.4 is 10.1 Å². The fraction of sp³-hybridized carbons (Fsp3) is 0.0909. The Balaban J connectivity index is 1.31. The van der Waals surface area contributed by atoms with E-state index in [0.29, 0.717) is 18.0 Å². The Bertz CT molecular complexity index is 1100. The molecule has 4 rings (SSSR count). The van der Waals surface area contributed by atoms with Crippen molar-refractivity contribution in [2.24, 2.45) is 0 Å². The van der Waals surface area contributed by atoms with E-state index in [-0.39, 0.29) is 17.5 Å². The van der Waals surface area contributed by atoms with Gasteiger partial charge in [-0.2, -0.15) is 0 Å². The third kappa shape index (κ3) is 5.14. The number of fused-ring (bicyclic) bond motifs is 1. The second-order valence-corrected chi connectivity index (χ2v) is 7.35. The van der Waals surface area contributed by atoms with Crippen molar-refractivity contribution in [3.63, 3.8) is 0 Å². The Morgan fingerprint density at radius 3 is 2.79 bits per heavy atom. The van der Waals surface area contributed by atoms with Crippen LogP contribution in [0.1, 0.15) is 5.69 Å². The molecule has 2 heterocycles. The lowest BCUT2D eigenvalue weighted by atomic mass is 10.3. The summed E-state index contributed by atoms with van der Waals surface area (Å²) in [5.74, 6) is 0.444. The summed E-state index contributed by atoms with van der Waals surface area (Å²) < 4.78 is 20.7. The van der Waals surface area contributed by atoms with Crippen LogP contribution in [-0.4, -0.2) is 21.0 Å². The first-order valence-electron chi connectivity index (χ1n) is 8.99. The van der Waals surface area contributed by atoms with Crippen LogP contribution in [0.25, 0.3) is 5.65 Å². The van der Waals surface area contributed by atoms with Gasteiger partial charge in [0.05, 0.1) is 11.4 Å². The quantitative estimate of drug-likeness (QED) is 0.448. The Morgan fingerprint density at radius 1 is 1.10 bits per heavy atom. The molecular formula is C22H18FN3O2S. The molecule has 0 atom stereocenters. The Kier molecular flexibility index (Phi) is 5.76. The predicted molar refractivity (Wildman–Crippen MR) is 112 cm³/mol. The van der Waals surface area contributed by atoms with Gasteiger partial charge in [0.1, 0.15) is 23.8 Å². The molecule has 0 aliphatic heterocycles. The van der Waals surface area contributed by atoms with Gasteiger partial charge in [0.15, 0.2) is 0 Å². The van der Waals surface area contributed by atoms with Crippen molar-refractivity contribution in [2.75, 3.05) is 11.1 Å². The molecule has 0 aliphatic rings. The van der Waals surface area contributed by atoms with Crippen LogP contribution in [0.4, 0.5) is 10.1 Å². The minimum atomic E-state index is -0.292. The lowest BCUT2D eigenvalue weighted by Crippen LogP contribution is -2.14. The van der Waals surface area contributed by atoms with Gasteiger partial charge in [0.2, 0.25) is 5.91 Å². The summed E-state index contributed by atoms with van der Waals surface area (Å²) >= 11 is 1.35. The van der Waals surface area contributed by atoms with Gasteiger partial charge in [-0.25, -0.2) is 9.37 Å². The highest BCUT2D eigenvalue weighted by Crippen LogP contribution is 2.21. The lowest BCUT2D eigenvalue weighted by Gasteiger charge is -2.08. The summed E-state index contributed by atoms with van der Waals surface area (Å²) in [6, 6.07) is 19.1. The van der Waals surface area contributed by atoms with Crippen LogP contribution in [0, 0.1) is 5.82 Å². The number of amides is 1. The van der Waals surface area contributed by atoms with E-state index in [9.17, 15) is 9.18 Å². The van der Waals surface area contributed by atoms with Gasteiger partial charge < -0.3 is 14.5 Å². The summed E-state index contributed by atoms with van der Waals surface area (Å²) in [7, 11) is 0. The van der Waals surface area contributed by atoms with Crippen molar-refractivity contribution in [1.82, 2.24) is 9.38 Å². The highest BCUT2D eigenvalue weighted by molar-refractivity contribution is 8.00. The largest absolute Gasteiger partial charge is 0.487 e. The number of anilines is 1. The number of halogens is 1. The molecule has 0 saturated carbocycles. The molecule has 29 heavy (non-hydrogen) atoms. The minimum Gasteiger partial charge on any atom is -0.487 e. The number of aromatic nitrogens is 2. The topological polar surface area (TPSA) is 55.6 Å². The van der Waals surface area contributed by atoms with Gasteiger partial charge in [0.25, 0.3) is 0 Å². The number of carbonyl (C=O) groups is 1. The molecule has 0 fully saturated rings. The van der Waals surface area contributed by atoms with Crippen LogP contribution in [0.5, 0.6) is 5.75 Å². The van der Waals surface area contributed by atoms with Gasteiger partial charge in [-0.3, -0.25) is 4.79 Å². The monoisotopic (exact) mass is 407 g/mol. The number of pyridine rings is 1. The molecule has 5 nitrogen and oxygen atoms in total. The maximum absolute atomic E-state index is 12.9. The van der Waals surface area contributed by atoms with Gasteiger partial charge in [0, 0.05) is 29.0 Å². The van der Waals surface area contributed by atoms with Crippen molar-refractivity contribution in [2.45, 2.75) is 11.5 Å². The molecule has 0 saturated heterocycles. The Hall–Kier alpha value is -3.32. The van der Waals surface area contributed by atoms with Gasteiger partial charge >= 0.3 is 0 Å². The van der Waals surface area contributed by atoms with Gasteiger partial charge in [-0.15, -0.1) is 11.8 Å². The van der Waals surface area contributed by atoms with Crippen LogP contribution in [0.15, 0.2) is 84.0 Å². The molecule has 1 amide bonds. The Morgan fingerprint density at radius 2 is 1.97 bits per heavy atom. The molecule has 7 heteroatoms. The zero-order valence-corrected chi connectivity index (χ0v) is 16.2. The van der Waals surface area contributed by atoms with Crippen molar-refractivity contribution in [3.8, 4) is 5.75 Å². The van der Waals surface area contributed by atoms with Crippen LogP contribution >= 0.6 is 11.8 Å². The highest BCUT2D eigenvalue weighted by atomic mass is 32.2. The second kappa shape index (κ2) is 8.79. The molecule has 146 valence electrons. The summed E-state index contributed by atoms with van der Waals surface area (Å²) in [4.78, 5) is 17.5. The van der Waals surface area contributed by atoms with Crippen molar-refractivity contribution < 1.29 is 13.9 Å². The third-order valence-corrected chi connectivity index (χ3v) is 5.11. The maximum Gasteiger partial charge on any atom is 0.234 e. The molecule has 0 aliphatic carbocycles. The molecule has 0 spiro atoms. The summed E-state index contributed by atoms with van der Waals surface area (Å²) in [5.41, 5.74) is 2.34. The van der Waals surface area contributed by atoms with E-state index in [1.807, 2.05) is 47.1 Å². The summed E-state index contributed by atoms with van der Waals surface area (Å²) in [6.45, 7) is 0.333. The number of thioether (sulfide) groups is 1. The van der Waals surface area contributed by atoms with Crippen molar-refractivity contribution in [1.29, 1.82) is 0 Å². The molecular weight excluding hydrogens is 389 g/mol. The van der Waals surface area contributed by atoms with E-state index < -0.39 is 0 Å². The molecule has 0 unspecified atom stereocenters. The maximum atomic E-state index is 12.9. The van der Waals surface area contributed by atoms with E-state index in [1.54, 1.807) is 24.3 Å². The third-order valence-electron chi connectivity index (χ3n) is 4.10. The highest BCUT2D eigenvalue weighted by Gasteiger charge is 2.06. The first-order chi connectivity index (χ1) is 14.2. The molecule has 0 bridgehead atoms. The first kappa shape index (κ1) is 19.0. The number of imidazole rings is 1. The second-order valence-electron chi connectivity index (χ2n) is 6.31. The number of ether oxygens (including phenoxy) is 1. The number of nitrogens with zero attached hydrogens (tertiary/aromatic N) is 2. The van der Waals surface area contributed by atoms with E-state index in [2.05, 4.69) is 10.3 Å².